The van der Waals surface area contributed by atoms with E-state index in [0.717, 1.165) is 30.5 Å². The Labute approximate surface area is 155 Å². The Morgan fingerprint density at radius 2 is 2.00 bits per heavy atom. The van der Waals surface area contributed by atoms with Crippen LogP contribution in [0.2, 0.25) is 5.02 Å². The predicted molar refractivity (Wildman–Crippen MR) is 104 cm³/mol. The van der Waals surface area contributed by atoms with Crippen molar-refractivity contribution in [3.63, 3.8) is 0 Å². The number of likely N-dealkylation sites (tertiary alicyclic amines) is 1. The smallest absolute Gasteiger partial charge is 0.193 e. The molecule has 0 amide bonds. The highest BCUT2D eigenvalue weighted by atomic mass is 127. The number of hydrogen-bond acceptors (Lipinski definition) is 1. The third-order valence-electron chi connectivity index (χ3n) is 4.97. The molecular weight excluding hydrogens is 409 g/mol. The summed E-state index contributed by atoms with van der Waals surface area (Å²) in [5.74, 6) is 1.06. The average Bonchev–Trinajstić information content (AvgIpc) is 2.91. The molecule has 2 aliphatic rings. The quantitative estimate of drug-likeness (QED) is 0.444. The molecule has 5 heteroatoms. The molecule has 122 valence electrons. The van der Waals surface area contributed by atoms with Crippen molar-refractivity contribution in [2.45, 2.75) is 32.1 Å². The Balaban J connectivity index is 0.00000176. The molecule has 1 saturated carbocycles. The second-order valence-corrected chi connectivity index (χ2v) is 6.81. The molecule has 1 aliphatic heterocycles. The van der Waals surface area contributed by atoms with Gasteiger partial charge in [0.25, 0.3) is 0 Å². The number of hydrogen-bond donors (Lipinski definition) is 1. The van der Waals surface area contributed by atoms with Crippen molar-refractivity contribution in [1.82, 2.24) is 10.2 Å². The van der Waals surface area contributed by atoms with Gasteiger partial charge in [-0.15, -0.1) is 24.0 Å². The third-order valence-corrected chi connectivity index (χ3v) is 5.23. The van der Waals surface area contributed by atoms with E-state index in [0.29, 0.717) is 5.41 Å². The lowest BCUT2D eigenvalue weighted by molar-refractivity contribution is 0.151. The van der Waals surface area contributed by atoms with Crippen LogP contribution in [0.4, 0.5) is 0 Å². The van der Waals surface area contributed by atoms with Crippen molar-refractivity contribution in [3.8, 4) is 0 Å². The lowest BCUT2D eigenvalue weighted by atomic mass is 9.68. The van der Waals surface area contributed by atoms with E-state index in [2.05, 4.69) is 27.3 Å². The number of benzene rings is 1. The molecule has 0 unspecified atom stereocenters. The van der Waals surface area contributed by atoms with Crippen LogP contribution >= 0.6 is 35.6 Å². The molecule has 0 radical (unpaired) electrons. The van der Waals surface area contributed by atoms with Gasteiger partial charge in [-0.25, -0.2) is 0 Å². The van der Waals surface area contributed by atoms with E-state index >= 15 is 0 Å². The minimum absolute atomic E-state index is 0. The highest BCUT2D eigenvalue weighted by Crippen LogP contribution is 2.47. The second kappa shape index (κ2) is 7.86. The van der Waals surface area contributed by atoms with Crippen LogP contribution in [-0.2, 0) is 6.42 Å². The van der Waals surface area contributed by atoms with Gasteiger partial charge in [0.05, 0.1) is 0 Å². The molecule has 3 nitrogen and oxygen atoms in total. The van der Waals surface area contributed by atoms with Crippen molar-refractivity contribution in [1.29, 1.82) is 0 Å². The third kappa shape index (κ3) is 4.07. The van der Waals surface area contributed by atoms with Gasteiger partial charge in [-0.2, -0.15) is 0 Å². The molecule has 1 saturated heterocycles. The molecule has 1 aromatic rings. The van der Waals surface area contributed by atoms with Crippen molar-refractivity contribution < 1.29 is 0 Å². The first-order valence-electron chi connectivity index (χ1n) is 7.91. The first-order chi connectivity index (χ1) is 10.2. The van der Waals surface area contributed by atoms with Crippen molar-refractivity contribution >= 4 is 41.5 Å². The Morgan fingerprint density at radius 1 is 1.27 bits per heavy atom. The van der Waals surface area contributed by atoms with E-state index < -0.39 is 0 Å². The SMILES string of the molecule is CN=C(NCCc1ccc(Cl)cc1)N1CCC2(CCC2)C1.I. The van der Waals surface area contributed by atoms with E-state index in [4.69, 9.17) is 11.6 Å². The zero-order valence-electron chi connectivity index (χ0n) is 13.1. The van der Waals surface area contributed by atoms with Crippen molar-refractivity contribution in [2.24, 2.45) is 10.4 Å². The highest BCUT2D eigenvalue weighted by Gasteiger charge is 2.43. The number of rotatable bonds is 3. The van der Waals surface area contributed by atoms with Crippen molar-refractivity contribution in [2.75, 3.05) is 26.7 Å². The van der Waals surface area contributed by atoms with Crippen molar-refractivity contribution in [3.05, 3.63) is 34.9 Å². The maximum absolute atomic E-state index is 5.91. The summed E-state index contributed by atoms with van der Waals surface area (Å²) in [4.78, 5) is 6.88. The van der Waals surface area contributed by atoms with E-state index in [-0.39, 0.29) is 24.0 Å². The first kappa shape index (κ1) is 17.9. The highest BCUT2D eigenvalue weighted by molar-refractivity contribution is 14.0. The first-order valence-corrected chi connectivity index (χ1v) is 8.29. The summed E-state index contributed by atoms with van der Waals surface area (Å²) in [6.45, 7) is 3.26. The summed E-state index contributed by atoms with van der Waals surface area (Å²) in [5.41, 5.74) is 1.92. The van der Waals surface area contributed by atoms with Crippen LogP contribution in [0.1, 0.15) is 31.2 Å². The zero-order valence-corrected chi connectivity index (χ0v) is 16.2. The average molecular weight is 434 g/mol. The van der Waals surface area contributed by atoms with Crippen LogP contribution in [0.5, 0.6) is 0 Å². The molecule has 2 fully saturated rings. The summed E-state index contributed by atoms with van der Waals surface area (Å²) in [7, 11) is 1.89. The number of halogens is 2. The van der Waals surface area contributed by atoms with Crippen LogP contribution in [0, 0.1) is 5.41 Å². The molecule has 1 N–H and O–H groups in total. The molecule has 22 heavy (non-hydrogen) atoms. The maximum atomic E-state index is 5.91. The van der Waals surface area contributed by atoms with Gasteiger partial charge in [0.2, 0.25) is 0 Å². The molecule has 1 heterocycles. The van der Waals surface area contributed by atoms with Gasteiger partial charge in [0.1, 0.15) is 0 Å². The van der Waals surface area contributed by atoms with Crippen LogP contribution in [0.15, 0.2) is 29.3 Å². The molecule has 0 atom stereocenters. The minimum Gasteiger partial charge on any atom is -0.356 e. The van der Waals surface area contributed by atoms with Crippen LogP contribution in [-0.4, -0.2) is 37.5 Å². The summed E-state index contributed by atoms with van der Waals surface area (Å²) in [6, 6.07) is 8.08. The van der Waals surface area contributed by atoms with Gasteiger partial charge in [-0.1, -0.05) is 30.2 Å². The Bertz CT molecular complexity index is 511. The number of aliphatic imine (C=N–C) groups is 1. The largest absolute Gasteiger partial charge is 0.356 e. The molecule has 1 aliphatic carbocycles. The lowest BCUT2D eigenvalue weighted by Crippen LogP contribution is -2.43. The van der Waals surface area contributed by atoms with Crippen LogP contribution in [0.25, 0.3) is 0 Å². The van der Waals surface area contributed by atoms with Crippen LogP contribution < -0.4 is 5.32 Å². The Hall–Kier alpha value is -0.490. The number of nitrogens with one attached hydrogen (secondary N) is 1. The van der Waals surface area contributed by atoms with E-state index in [1.54, 1.807) is 0 Å². The normalized spacial score (nSPS) is 19.7. The molecule has 1 aromatic carbocycles. The van der Waals surface area contributed by atoms with Crippen LogP contribution in [0.3, 0.4) is 0 Å². The van der Waals surface area contributed by atoms with Gasteiger partial charge in [0, 0.05) is 31.7 Å². The van der Waals surface area contributed by atoms with Gasteiger partial charge < -0.3 is 10.2 Å². The monoisotopic (exact) mass is 433 g/mol. The second-order valence-electron chi connectivity index (χ2n) is 6.38. The minimum atomic E-state index is 0. The van der Waals surface area contributed by atoms with Gasteiger partial charge in [0.15, 0.2) is 5.96 Å². The van der Waals surface area contributed by atoms with E-state index in [9.17, 15) is 0 Å². The molecule has 0 bridgehead atoms. The van der Waals surface area contributed by atoms with E-state index in [1.807, 2.05) is 19.2 Å². The maximum Gasteiger partial charge on any atom is 0.193 e. The number of nitrogens with zero attached hydrogens (tertiary/aromatic N) is 2. The summed E-state index contributed by atoms with van der Waals surface area (Å²) in [6.07, 6.45) is 6.56. The fraction of sp³-hybridized carbons (Fsp3) is 0.588. The Morgan fingerprint density at radius 3 is 2.55 bits per heavy atom. The fourth-order valence-electron chi connectivity index (χ4n) is 3.50. The summed E-state index contributed by atoms with van der Waals surface area (Å²) < 4.78 is 0. The predicted octanol–water partition coefficient (Wildman–Crippen LogP) is 3.95. The topological polar surface area (TPSA) is 27.6 Å². The summed E-state index contributed by atoms with van der Waals surface area (Å²) in [5, 5.41) is 4.30. The molecular formula is C17H25ClIN3. The van der Waals surface area contributed by atoms with E-state index in [1.165, 1.54) is 37.8 Å². The standard InChI is InChI=1S/C17H24ClN3.HI/c1-19-16(21-12-10-17(13-21)8-2-9-17)20-11-7-14-3-5-15(18)6-4-14;/h3-6H,2,7-13H2,1H3,(H,19,20);1H. The number of guanidine groups is 1. The molecule has 3 rings (SSSR count). The Kier molecular flexibility index (Phi) is 6.38. The van der Waals surface area contributed by atoms with Gasteiger partial charge >= 0.3 is 0 Å². The lowest BCUT2D eigenvalue weighted by Gasteiger charge is -2.38. The molecule has 1 spiro atoms. The van der Waals surface area contributed by atoms with Gasteiger partial charge in [-0.05, 0) is 48.8 Å². The fourth-order valence-corrected chi connectivity index (χ4v) is 3.63. The van der Waals surface area contributed by atoms with Gasteiger partial charge in [-0.3, -0.25) is 4.99 Å². The summed E-state index contributed by atoms with van der Waals surface area (Å²) >= 11 is 5.91. The molecule has 0 aromatic heterocycles. The zero-order chi connectivity index (χ0) is 14.7.